The van der Waals surface area contributed by atoms with Crippen LogP contribution >= 0.6 is 15.9 Å². The maximum atomic E-state index is 12.8. The van der Waals surface area contributed by atoms with E-state index in [0.29, 0.717) is 5.91 Å². The summed E-state index contributed by atoms with van der Waals surface area (Å²) in [6.07, 6.45) is 2.97. The zero-order valence-corrected chi connectivity index (χ0v) is 12.8. The van der Waals surface area contributed by atoms with Crippen LogP contribution in [0.1, 0.15) is 24.8 Å². The highest BCUT2D eigenvalue weighted by atomic mass is 79.9. The lowest BCUT2D eigenvalue weighted by Gasteiger charge is -2.32. The first-order valence-corrected chi connectivity index (χ1v) is 7.71. The fraction of sp³-hybridized carbons (Fsp3) is 0.533. The van der Waals surface area contributed by atoms with Gasteiger partial charge in [0.2, 0.25) is 5.91 Å². The van der Waals surface area contributed by atoms with Gasteiger partial charge in [-0.05, 0) is 63.0 Å². The van der Waals surface area contributed by atoms with Gasteiger partial charge < -0.3 is 10.2 Å². The fourth-order valence-corrected chi connectivity index (χ4v) is 3.48. The van der Waals surface area contributed by atoms with Crippen LogP contribution in [0.25, 0.3) is 0 Å². The van der Waals surface area contributed by atoms with Gasteiger partial charge in [0.05, 0.1) is 5.41 Å². The molecule has 0 aromatic heterocycles. The first-order chi connectivity index (χ1) is 9.12. The minimum absolute atomic E-state index is 0.0910. The van der Waals surface area contributed by atoms with Crippen molar-refractivity contribution in [3.8, 4) is 0 Å². The van der Waals surface area contributed by atoms with Crippen molar-refractivity contribution in [1.29, 1.82) is 0 Å². The molecule has 102 valence electrons. The number of anilines is 1. The fourth-order valence-electron chi connectivity index (χ4n) is 3.23. The van der Waals surface area contributed by atoms with Crippen molar-refractivity contribution in [3.63, 3.8) is 0 Å². The van der Waals surface area contributed by atoms with E-state index in [1.54, 1.807) is 0 Å². The predicted molar refractivity (Wildman–Crippen MR) is 80.4 cm³/mol. The molecule has 1 spiro atoms. The number of rotatable bonds is 1. The minimum Gasteiger partial charge on any atom is -0.317 e. The molecule has 0 radical (unpaired) electrons. The number of piperidine rings is 1. The van der Waals surface area contributed by atoms with E-state index in [4.69, 9.17) is 0 Å². The van der Waals surface area contributed by atoms with Gasteiger partial charge in [-0.2, -0.15) is 0 Å². The highest BCUT2D eigenvalue weighted by molar-refractivity contribution is 9.10. The van der Waals surface area contributed by atoms with Crippen LogP contribution in [0.5, 0.6) is 0 Å². The summed E-state index contributed by atoms with van der Waals surface area (Å²) < 4.78 is 1.10. The summed E-state index contributed by atoms with van der Waals surface area (Å²) in [7, 11) is 0. The molecule has 19 heavy (non-hydrogen) atoms. The van der Waals surface area contributed by atoms with Gasteiger partial charge in [-0.15, -0.1) is 0 Å². The molecule has 0 unspecified atom stereocenters. The molecule has 0 aliphatic carbocycles. The Morgan fingerprint density at radius 1 is 1.26 bits per heavy atom. The Hall–Kier alpha value is -0.870. The molecule has 4 heteroatoms. The van der Waals surface area contributed by atoms with E-state index in [0.717, 1.165) is 49.1 Å². The normalized spacial score (nSPS) is 22.2. The molecule has 2 aliphatic rings. The third-order valence-electron chi connectivity index (χ3n) is 4.53. The topological polar surface area (TPSA) is 32.3 Å². The largest absolute Gasteiger partial charge is 0.317 e. The first kappa shape index (κ1) is 13.1. The predicted octanol–water partition coefficient (Wildman–Crippen LogP) is 2.86. The lowest BCUT2D eigenvalue weighted by atomic mass is 9.78. The molecule has 1 amide bonds. The number of hydrogen-bond acceptors (Lipinski definition) is 2. The van der Waals surface area contributed by atoms with E-state index in [9.17, 15) is 4.79 Å². The second-order valence-electron chi connectivity index (χ2n) is 5.67. The van der Waals surface area contributed by atoms with Crippen LogP contribution in [-0.4, -0.2) is 25.5 Å². The maximum Gasteiger partial charge on any atom is 0.233 e. The van der Waals surface area contributed by atoms with Crippen LogP contribution in [0.4, 0.5) is 5.69 Å². The Balaban J connectivity index is 1.87. The van der Waals surface area contributed by atoms with Crippen LogP contribution in [0, 0.1) is 12.3 Å². The van der Waals surface area contributed by atoms with Gasteiger partial charge in [-0.25, -0.2) is 0 Å². The highest BCUT2D eigenvalue weighted by Gasteiger charge is 2.47. The smallest absolute Gasteiger partial charge is 0.233 e. The number of nitrogens with zero attached hydrogens (tertiary/aromatic N) is 1. The van der Waals surface area contributed by atoms with Crippen LogP contribution in [0.2, 0.25) is 0 Å². The molecule has 3 rings (SSSR count). The van der Waals surface area contributed by atoms with Crippen molar-refractivity contribution < 1.29 is 4.79 Å². The van der Waals surface area contributed by atoms with E-state index >= 15 is 0 Å². The maximum absolute atomic E-state index is 12.8. The molecule has 2 saturated heterocycles. The summed E-state index contributed by atoms with van der Waals surface area (Å²) in [6.45, 7) is 4.87. The van der Waals surface area contributed by atoms with E-state index < -0.39 is 0 Å². The monoisotopic (exact) mass is 322 g/mol. The third-order valence-corrected chi connectivity index (χ3v) is 5.42. The lowest BCUT2D eigenvalue weighted by Crippen LogP contribution is -2.42. The van der Waals surface area contributed by atoms with Crippen LogP contribution in [0.3, 0.4) is 0 Å². The summed E-state index contributed by atoms with van der Waals surface area (Å²) in [5, 5.41) is 3.35. The molecule has 0 bridgehead atoms. The number of carbonyl (C=O) groups excluding carboxylic acids is 1. The lowest BCUT2D eigenvalue weighted by molar-refractivity contribution is -0.126. The molecular formula is C15H19BrN2O. The van der Waals surface area contributed by atoms with Crippen molar-refractivity contribution >= 4 is 27.5 Å². The molecule has 0 atom stereocenters. The Labute approximate surface area is 122 Å². The number of carbonyl (C=O) groups is 1. The van der Waals surface area contributed by atoms with Gasteiger partial charge in [0.25, 0.3) is 0 Å². The van der Waals surface area contributed by atoms with Gasteiger partial charge in [-0.1, -0.05) is 15.9 Å². The standard InChI is InChI=1S/C15H19BrN2O/c1-11-10-12(2-3-13(11)16)18-9-6-15(14(18)19)4-7-17-8-5-15/h2-3,10,17H,4-9H2,1H3. The summed E-state index contributed by atoms with van der Waals surface area (Å²) in [6, 6.07) is 6.17. The van der Waals surface area contributed by atoms with Gasteiger partial charge in [-0.3, -0.25) is 4.79 Å². The van der Waals surface area contributed by atoms with Gasteiger partial charge in [0, 0.05) is 16.7 Å². The average molecular weight is 323 g/mol. The molecule has 1 aromatic carbocycles. The minimum atomic E-state index is -0.0910. The Morgan fingerprint density at radius 3 is 2.68 bits per heavy atom. The molecular weight excluding hydrogens is 304 g/mol. The van der Waals surface area contributed by atoms with Crippen molar-refractivity contribution in [2.24, 2.45) is 5.41 Å². The van der Waals surface area contributed by atoms with Crippen LogP contribution < -0.4 is 10.2 Å². The Kier molecular flexibility index (Phi) is 3.39. The van der Waals surface area contributed by atoms with Gasteiger partial charge >= 0.3 is 0 Å². The van der Waals surface area contributed by atoms with Gasteiger partial charge in [0.1, 0.15) is 0 Å². The van der Waals surface area contributed by atoms with Crippen LogP contribution in [0.15, 0.2) is 22.7 Å². The number of amides is 1. The molecule has 2 aliphatic heterocycles. The molecule has 2 fully saturated rings. The Morgan fingerprint density at radius 2 is 2.00 bits per heavy atom. The quantitative estimate of drug-likeness (QED) is 0.862. The second kappa shape index (κ2) is 4.91. The summed E-state index contributed by atoms with van der Waals surface area (Å²) >= 11 is 3.51. The number of hydrogen-bond donors (Lipinski definition) is 1. The summed E-state index contributed by atoms with van der Waals surface area (Å²) in [4.78, 5) is 14.7. The van der Waals surface area contributed by atoms with Gasteiger partial charge in [0.15, 0.2) is 0 Å². The second-order valence-corrected chi connectivity index (χ2v) is 6.52. The van der Waals surface area contributed by atoms with E-state index in [-0.39, 0.29) is 5.41 Å². The molecule has 2 heterocycles. The number of benzene rings is 1. The summed E-state index contributed by atoms with van der Waals surface area (Å²) in [5.41, 5.74) is 2.13. The van der Waals surface area contributed by atoms with Crippen molar-refractivity contribution in [2.75, 3.05) is 24.5 Å². The number of aryl methyl sites for hydroxylation is 1. The van der Waals surface area contributed by atoms with E-state index in [1.807, 2.05) is 17.0 Å². The van der Waals surface area contributed by atoms with Crippen molar-refractivity contribution in [3.05, 3.63) is 28.2 Å². The third kappa shape index (κ3) is 2.21. The molecule has 0 saturated carbocycles. The van der Waals surface area contributed by atoms with Crippen molar-refractivity contribution in [1.82, 2.24) is 5.32 Å². The highest BCUT2D eigenvalue weighted by Crippen LogP contribution is 2.42. The number of nitrogens with one attached hydrogen (secondary N) is 1. The average Bonchev–Trinajstić information content (AvgIpc) is 2.72. The zero-order valence-electron chi connectivity index (χ0n) is 11.2. The first-order valence-electron chi connectivity index (χ1n) is 6.91. The molecule has 1 aromatic rings. The van der Waals surface area contributed by atoms with E-state index in [1.165, 1.54) is 5.56 Å². The number of halogens is 1. The Bertz CT molecular complexity index is 509. The van der Waals surface area contributed by atoms with Crippen molar-refractivity contribution in [2.45, 2.75) is 26.2 Å². The zero-order chi connectivity index (χ0) is 13.5. The van der Waals surface area contributed by atoms with Crippen LogP contribution in [-0.2, 0) is 4.79 Å². The van der Waals surface area contributed by atoms with E-state index in [2.05, 4.69) is 34.2 Å². The SMILES string of the molecule is Cc1cc(N2CCC3(CCNCC3)C2=O)ccc1Br. The molecule has 1 N–H and O–H groups in total. The summed E-state index contributed by atoms with van der Waals surface area (Å²) in [5.74, 6) is 0.329. The molecule has 3 nitrogen and oxygen atoms in total.